The fourth-order valence-corrected chi connectivity index (χ4v) is 4.28. The summed E-state index contributed by atoms with van der Waals surface area (Å²) in [5.41, 5.74) is 0. The largest absolute Gasteiger partial charge is 0.383 e. The van der Waals surface area contributed by atoms with E-state index in [-0.39, 0.29) is 0 Å². The van der Waals surface area contributed by atoms with Crippen LogP contribution in [0.3, 0.4) is 0 Å². The van der Waals surface area contributed by atoms with Gasteiger partial charge in [0.05, 0.1) is 6.61 Å². The zero-order valence-electron chi connectivity index (χ0n) is 17.6. The number of hydrogen-bond acceptors (Lipinski definition) is 3. The number of rotatable bonds is 8. The van der Waals surface area contributed by atoms with Gasteiger partial charge in [-0.15, -0.1) is 0 Å². The summed E-state index contributed by atoms with van der Waals surface area (Å²) in [6, 6.07) is 0.596. The van der Waals surface area contributed by atoms with E-state index < -0.39 is 0 Å². The SMILES string of the molecule is CCNC(=NCC1CCN(CCOC)CC1)NC1CCC(C(C)C)CC1. The van der Waals surface area contributed by atoms with E-state index in [0.717, 1.165) is 50.0 Å². The van der Waals surface area contributed by atoms with E-state index in [4.69, 9.17) is 9.73 Å². The molecule has 0 aromatic heterocycles. The highest BCUT2D eigenvalue weighted by Crippen LogP contribution is 2.29. The molecule has 0 radical (unpaired) electrons. The van der Waals surface area contributed by atoms with Crippen LogP contribution in [0.4, 0.5) is 0 Å². The van der Waals surface area contributed by atoms with Gasteiger partial charge in [0.2, 0.25) is 0 Å². The van der Waals surface area contributed by atoms with E-state index in [0.29, 0.717) is 6.04 Å². The second-order valence-corrected chi connectivity index (χ2v) is 8.50. The molecule has 2 N–H and O–H groups in total. The van der Waals surface area contributed by atoms with Gasteiger partial charge in [-0.05, 0) is 76.3 Å². The Balaban J connectivity index is 1.73. The highest BCUT2D eigenvalue weighted by Gasteiger charge is 2.24. The highest BCUT2D eigenvalue weighted by atomic mass is 16.5. The molecule has 2 aliphatic rings. The second kappa shape index (κ2) is 11.8. The summed E-state index contributed by atoms with van der Waals surface area (Å²) in [6.07, 6.45) is 7.79. The van der Waals surface area contributed by atoms with E-state index in [1.807, 2.05) is 0 Å². The first-order valence-electron chi connectivity index (χ1n) is 10.9. The Morgan fingerprint density at radius 3 is 2.38 bits per heavy atom. The molecule has 0 spiro atoms. The van der Waals surface area contributed by atoms with Crippen molar-refractivity contribution in [2.45, 2.75) is 65.3 Å². The number of aliphatic imine (C=N–C) groups is 1. The molecule has 1 saturated heterocycles. The molecule has 2 fully saturated rings. The van der Waals surface area contributed by atoms with Crippen molar-refractivity contribution in [1.82, 2.24) is 15.5 Å². The first-order valence-corrected chi connectivity index (χ1v) is 10.9. The van der Waals surface area contributed by atoms with Crippen molar-refractivity contribution in [2.24, 2.45) is 22.7 Å². The normalized spacial score (nSPS) is 26.3. The third-order valence-corrected chi connectivity index (χ3v) is 6.23. The summed E-state index contributed by atoms with van der Waals surface area (Å²) in [5, 5.41) is 7.16. The van der Waals surface area contributed by atoms with Crippen molar-refractivity contribution in [2.75, 3.05) is 46.4 Å². The zero-order chi connectivity index (χ0) is 18.8. The van der Waals surface area contributed by atoms with Gasteiger partial charge in [-0.1, -0.05) is 13.8 Å². The van der Waals surface area contributed by atoms with Crippen LogP contribution in [0.25, 0.3) is 0 Å². The Labute approximate surface area is 161 Å². The summed E-state index contributed by atoms with van der Waals surface area (Å²) < 4.78 is 5.19. The van der Waals surface area contributed by atoms with Crippen LogP contribution in [-0.4, -0.2) is 63.3 Å². The molecule has 2 rings (SSSR count). The predicted octanol–water partition coefficient (Wildman–Crippen LogP) is 3.11. The van der Waals surface area contributed by atoms with E-state index in [9.17, 15) is 0 Å². The number of ether oxygens (including phenoxy) is 1. The molecule has 0 amide bonds. The molecular formula is C21H42N4O. The Hall–Kier alpha value is -0.810. The summed E-state index contributed by atoms with van der Waals surface area (Å²) in [6.45, 7) is 13.1. The molecule has 1 aliphatic heterocycles. The molecule has 1 aliphatic carbocycles. The molecule has 0 unspecified atom stereocenters. The Kier molecular flexibility index (Phi) is 9.76. The van der Waals surface area contributed by atoms with Crippen LogP contribution in [-0.2, 0) is 4.74 Å². The number of methoxy groups -OCH3 is 1. The Morgan fingerprint density at radius 2 is 1.81 bits per heavy atom. The first-order chi connectivity index (χ1) is 12.6. The quantitative estimate of drug-likeness (QED) is 0.512. The smallest absolute Gasteiger partial charge is 0.191 e. The molecular weight excluding hydrogens is 324 g/mol. The maximum absolute atomic E-state index is 5.19. The standard InChI is InChI=1S/C21H42N4O/c1-5-22-21(24-20-8-6-19(7-9-20)17(2)3)23-16-18-10-12-25(13-11-18)14-15-26-4/h17-20H,5-16H2,1-4H3,(H2,22,23,24). The molecule has 152 valence electrons. The van der Waals surface area contributed by atoms with Crippen LogP contribution in [0.1, 0.15) is 59.3 Å². The number of nitrogens with one attached hydrogen (secondary N) is 2. The number of hydrogen-bond donors (Lipinski definition) is 2. The number of nitrogens with zero attached hydrogens (tertiary/aromatic N) is 2. The van der Waals surface area contributed by atoms with E-state index in [1.54, 1.807) is 7.11 Å². The van der Waals surface area contributed by atoms with Crippen molar-refractivity contribution < 1.29 is 4.74 Å². The van der Waals surface area contributed by atoms with Gasteiger partial charge in [0, 0.05) is 32.8 Å². The molecule has 0 bridgehead atoms. The van der Waals surface area contributed by atoms with Crippen LogP contribution in [0, 0.1) is 17.8 Å². The lowest BCUT2D eigenvalue weighted by Gasteiger charge is -2.33. The molecule has 1 saturated carbocycles. The fraction of sp³-hybridized carbons (Fsp3) is 0.952. The van der Waals surface area contributed by atoms with Crippen LogP contribution in [0.15, 0.2) is 4.99 Å². The van der Waals surface area contributed by atoms with Crippen LogP contribution in [0.5, 0.6) is 0 Å². The monoisotopic (exact) mass is 366 g/mol. The summed E-state index contributed by atoms with van der Waals surface area (Å²) in [7, 11) is 1.78. The van der Waals surface area contributed by atoms with E-state index >= 15 is 0 Å². The van der Waals surface area contributed by atoms with Crippen molar-refractivity contribution in [3.8, 4) is 0 Å². The van der Waals surface area contributed by atoms with Gasteiger partial charge < -0.3 is 20.3 Å². The lowest BCUT2D eigenvalue weighted by Crippen LogP contribution is -2.45. The van der Waals surface area contributed by atoms with Crippen molar-refractivity contribution in [3.05, 3.63) is 0 Å². The third-order valence-electron chi connectivity index (χ3n) is 6.23. The minimum Gasteiger partial charge on any atom is -0.383 e. The topological polar surface area (TPSA) is 48.9 Å². The molecule has 0 aromatic carbocycles. The fourth-order valence-electron chi connectivity index (χ4n) is 4.28. The zero-order valence-corrected chi connectivity index (χ0v) is 17.6. The lowest BCUT2D eigenvalue weighted by molar-refractivity contribution is 0.121. The van der Waals surface area contributed by atoms with Gasteiger partial charge in [-0.25, -0.2) is 0 Å². The molecule has 5 heteroatoms. The minimum atomic E-state index is 0.596. The molecule has 5 nitrogen and oxygen atoms in total. The number of likely N-dealkylation sites (tertiary alicyclic amines) is 1. The predicted molar refractivity (Wildman–Crippen MR) is 111 cm³/mol. The van der Waals surface area contributed by atoms with Crippen molar-refractivity contribution >= 4 is 5.96 Å². The van der Waals surface area contributed by atoms with Crippen LogP contribution in [0.2, 0.25) is 0 Å². The van der Waals surface area contributed by atoms with Gasteiger partial charge in [0.1, 0.15) is 0 Å². The molecule has 0 atom stereocenters. The second-order valence-electron chi connectivity index (χ2n) is 8.50. The Bertz CT molecular complexity index is 397. The van der Waals surface area contributed by atoms with Crippen molar-refractivity contribution in [3.63, 3.8) is 0 Å². The molecule has 26 heavy (non-hydrogen) atoms. The molecule has 0 aromatic rings. The van der Waals surface area contributed by atoms with Crippen LogP contribution < -0.4 is 10.6 Å². The minimum absolute atomic E-state index is 0.596. The maximum Gasteiger partial charge on any atom is 0.191 e. The number of piperidine rings is 1. The van der Waals surface area contributed by atoms with Crippen molar-refractivity contribution in [1.29, 1.82) is 0 Å². The summed E-state index contributed by atoms with van der Waals surface area (Å²) >= 11 is 0. The Morgan fingerprint density at radius 1 is 1.12 bits per heavy atom. The summed E-state index contributed by atoms with van der Waals surface area (Å²) in [4.78, 5) is 7.44. The van der Waals surface area contributed by atoms with Gasteiger partial charge in [-0.3, -0.25) is 4.99 Å². The average molecular weight is 367 g/mol. The van der Waals surface area contributed by atoms with Gasteiger partial charge in [0.25, 0.3) is 0 Å². The maximum atomic E-state index is 5.19. The van der Waals surface area contributed by atoms with Gasteiger partial charge in [-0.2, -0.15) is 0 Å². The lowest BCUT2D eigenvalue weighted by atomic mass is 9.80. The van der Waals surface area contributed by atoms with Crippen LogP contribution >= 0.6 is 0 Å². The first kappa shape index (κ1) is 21.5. The number of guanidine groups is 1. The van der Waals surface area contributed by atoms with Gasteiger partial charge in [0.15, 0.2) is 5.96 Å². The summed E-state index contributed by atoms with van der Waals surface area (Å²) in [5.74, 6) is 3.49. The third kappa shape index (κ3) is 7.43. The average Bonchev–Trinajstić information content (AvgIpc) is 2.66. The highest BCUT2D eigenvalue weighted by molar-refractivity contribution is 5.80. The van der Waals surface area contributed by atoms with Gasteiger partial charge >= 0.3 is 0 Å². The van der Waals surface area contributed by atoms with E-state index in [2.05, 4.69) is 36.3 Å². The molecule has 1 heterocycles. The van der Waals surface area contributed by atoms with E-state index in [1.165, 1.54) is 51.6 Å².